The van der Waals surface area contributed by atoms with Gasteiger partial charge in [0.15, 0.2) is 0 Å². The second-order valence-corrected chi connectivity index (χ2v) is 4.05. The highest BCUT2D eigenvalue weighted by Gasteiger charge is 1.98. The minimum Gasteiger partial charge on any atom is -0.284 e. The van der Waals surface area contributed by atoms with E-state index in [9.17, 15) is 0 Å². The molecule has 0 spiro atoms. The highest BCUT2D eigenvalue weighted by atomic mass is 31.1. The summed E-state index contributed by atoms with van der Waals surface area (Å²) < 4.78 is 2.21. The Morgan fingerprint density at radius 1 is 1.50 bits per heavy atom. The van der Waals surface area contributed by atoms with Gasteiger partial charge >= 0.3 is 0 Å². The van der Waals surface area contributed by atoms with Crippen LogP contribution < -0.4 is 5.09 Å². The van der Waals surface area contributed by atoms with Gasteiger partial charge in [-0.2, -0.15) is 0 Å². The van der Waals surface area contributed by atoms with Gasteiger partial charge in [-0.05, 0) is 27.3 Å². The highest BCUT2D eigenvalue weighted by Crippen LogP contribution is 2.25. The lowest BCUT2D eigenvalue weighted by Crippen LogP contribution is -2.15. The summed E-state index contributed by atoms with van der Waals surface area (Å²) in [4.78, 5) is 0. The third kappa shape index (κ3) is 3.36. The SMILES string of the molecule is CCNP(C)N(C)C. The topological polar surface area (TPSA) is 15.3 Å². The van der Waals surface area contributed by atoms with Crippen molar-refractivity contribution < 1.29 is 0 Å². The molecule has 0 heterocycles. The van der Waals surface area contributed by atoms with E-state index in [0.717, 1.165) is 6.54 Å². The molecule has 1 N–H and O–H groups in total. The minimum absolute atomic E-state index is 0.0563. The standard InChI is InChI=1S/C5H15N2P/c1-5-6-8(4)7(2)3/h6H,5H2,1-4H3. The Hall–Kier alpha value is 0.350. The van der Waals surface area contributed by atoms with Crippen LogP contribution in [0.2, 0.25) is 0 Å². The van der Waals surface area contributed by atoms with Crippen molar-refractivity contribution in [3.63, 3.8) is 0 Å². The Kier molecular flexibility index (Phi) is 4.44. The zero-order chi connectivity index (χ0) is 6.57. The van der Waals surface area contributed by atoms with Crippen molar-refractivity contribution in [3.05, 3.63) is 0 Å². The smallest absolute Gasteiger partial charge is 0.0328 e. The van der Waals surface area contributed by atoms with Gasteiger partial charge in [-0.25, -0.2) is 0 Å². The van der Waals surface area contributed by atoms with Crippen molar-refractivity contribution in [2.45, 2.75) is 6.92 Å². The molecule has 0 fully saturated rings. The Labute approximate surface area is 53.1 Å². The lowest BCUT2D eigenvalue weighted by atomic mass is 10.8. The lowest BCUT2D eigenvalue weighted by molar-refractivity contribution is 0.665. The second kappa shape index (κ2) is 4.25. The normalized spacial score (nSPS) is 14.6. The van der Waals surface area contributed by atoms with Crippen molar-refractivity contribution in [1.82, 2.24) is 9.76 Å². The molecule has 8 heavy (non-hydrogen) atoms. The number of hydrogen-bond acceptors (Lipinski definition) is 2. The third-order valence-electron chi connectivity index (χ3n) is 0.987. The molecule has 0 aromatic heterocycles. The summed E-state index contributed by atoms with van der Waals surface area (Å²) in [6, 6.07) is 0. The van der Waals surface area contributed by atoms with E-state index in [2.05, 4.69) is 37.4 Å². The third-order valence-corrected chi connectivity index (χ3v) is 2.96. The Balaban J connectivity index is 3.17. The molecule has 1 atom stereocenters. The van der Waals surface area contributed by atoms with Crippen LogP contribution in [-0.4, -0.2) is 32.0 Å². The molecule has 0 saturated carbocycles. The maximum absolute atomic E-state index is 3.34. The van der Waals surface area contributed by atoms with E-state index < -0.39 is 0 Å². The largest absolute Gasteiger partial charge is 0.284 e. The molecule has 0 radical (unpaired) electrons. The molecule has 0 amide bonds. The molecule has 0 aliphatic heterocycles. The highest BCUT2D eigenvalue weighted by molar-refractivity contribution is 7.52. The van der Waals surface area contributed by atoms with Crippen molar-refractivity contribution >= 4 is 8.22 Å². The van der Waals surface area contributed by atoms with Crippen LogP contribution in [0.5, 0.6) is 0 Å². The Morgan fingerprint density at radius 2 is 2.00 bits per heavy atom. The van der Waals surface area contributed by atoms with Crippen LogP contribution in [0.15, 0.2) is 0 Å². The monoisotopic (exact) mass is 134 g/mol. The van der Waals surface area contributed by atoms with E-state index in [1.54, 1.807) is 0 Å². The second-order valence-electron chi connectivity index (χ2n) is 1.88. The van der Waals surface area contributed by atoms with Crippen LogP contribution >= 0.6 is 8.22 Å². The predicted molar refractivity (Wildman–Crippen MR) is 40.2 cm³/mol. The molecule has 0 aromatic rings. The van der Waals surface area contributed by atoms with Gasteiger partial charge in [0.1, 0.15) is 0 Å². The van der Waals surface area contributed by atoms with Crippen LogP contribution in [0.25, 0.3) is 0 Å². The van der Waals surface area contributed by atoms with E-state index in [4.69, 9.17) is 0 Å². The summed E-state index contributed by atoms with van der Waals surface area (Å²) >= 11 is 0. The van der Waals surface area contributed by atoms with Gasteiger partial charge in [-0.3, -0.25) is 9.76 Å². The summed E-state index contributed by atoms with van der Waals surface area (Å²) in [5.41, 5.74) is 0. The molecule has 0 saturated heterocycles. The molecule has 1 unspecified atom stereocenters. The summed E-state index contributed by atoms with van der Waals surface area (Å²) in [7, 11) is 4.13. The summed E-state index contributed by atoms with van der Waals surface area (Å²) in [5, 5.41) is 3.34. The maximum atomic E-state index is 3.34. The maximum Gasteiger partial charge on any atom is 0.0328 e. The van der Waals surface area contributed by atoms with Crippen LogP contribution in [0.3, 0.4) is 0 Å². The number of rotatable bonds is 3. The van der Waals surface area contributed by atoms with E-state index in [0.29, 0.717) is 0 Å². The summed E-state index contributed by atoms with van der Waals surface area (Å²) in [5.74, 6) is 0. The fraction of sp³-hybridized carbons (Fsp3) is 1.00. The molecular weight excluding hydrogens is 119 g/mol. The quantitative estimate of drug-likeness (QED) is 0.581. The van der Waals surface area contributed by atoms with Crippen LogP contribution in [0.1, 0.15) is 6.92 Å². The molecule has 2 nitrogen and oxygen atoms in total. The number of nitrogens with zero attached hydrogens (tertiary/aromatic N) is 1. The van der Waals surface area contributed by atoms with E-state index in [-0.39, 0.29) is 8.22 Å². The first-order valence-electron chi connectivity index (χ1n) is 2.83. The lowest BCUT2D eigenvalue weighted by Gasteiger charge is -2.19. The summed E-state index contributed by atoms with van der Waals surface area (Å²) in [6.07, 6.45) is 0. The minimum atomic E-state index is -0.0563. The number of hydrogen-bond donors (Lipinski definition) is 1. The van der Waals surface area contributed by atoms with Gasteiger partial charge in [0.2, 0.25) is 0 Å². The average Bonchev–Trinajstić information content (AvgIpc) is 1.67. The number of nitrogens with one attached hydrogen (secondary N) is 1. The van der Waals surface area contributed by atoms with Gasteiger partial charge in [0.25, 0.3) is 0 Å². The zero-order valence-electron chi connectivity index (χ0n) is 6.10. The molecular formula is C5H15N2P. The van der Waals surface area contributed by atoms with Gasteiger partial charge in [0.05, 0.1) is 0 Å². The Morgan fingerprint density at radius 3 is 2.12 bits per heavy atom. The predicted octanol–water partition coefficient (Wildman–Crippen LogP) is 1.10. The van der Waals surface area contributed by atoms with E-state index >= 15 is 0 Å². The van der Waals surface area contributed by atoms with Crippen molar-refractivity contribution in [2.24, 2.45) is 0 Å². The molecule has 50 valence electrons. The van der Waals surface area contributed by atoms with Crippen molar-refractivity contribution in [2.75, 3.05) is 27.3 Å². The summed E-state index contributed by atoms with van der Waals surface area (Å²) in [6.45, 7) is 5.40. The van der Waals surface area contributed by atoms with Gasteiger partial charge in [0, 0.05) is 8.22 Å². The zero-order valence-corrected chi connectivity index (χ0v) is 7.00. The van der Waals surface area contributed by atoms with Gasteiger partial charge < -0.3 is 0 Å². The van der Waals surface area contributed by atoms with E-state index in [1.165, 1.54) is 0 Å². The first-order valence-corrected chi connectivity index (χ1v) is 4.57. The first-order chi connectivity index (χ1) is 3.68. The van der Waals surface area contributed by atoms with Crippen LogP contribution in [0, 0.1) is 0 Å². The average molecular weight is 134 g/mol. The fourth-order valence-corrected chi connectivity index (χ4v) is 1.11. The molecule has 0 aliphatic rings. The molecule has 0 aliphatic carbocycles. The van der Waals surface area contributed by atoms with Gasteiger partial charge in [-0.15, -0.1) is 0 Å². The van der Waals surface area contributed by atoms with Crippen molar-refractivity contribution in [3.8, 4) is 0 Å². The van der Waals surface area contributed by atoms with Gasteiger partial charge in [-0.1, -0.05) is 6.92 Å². The molecule has 0 rings (SSSR count). The Bertz CT molecular complexity index is 56.4. The first kappa shape index (κ1) is 8.35. The van der Waals surface area contributed by atoms with Crippen molar-refractivity contribution in [1.29, 1.82) is 0 Å². The molecule has 3 heteroatoms. The molecule has 0 aromatic carbocycles. The molecule has 0 bridgehead atoms. The van der Waals surface area contributed by atoms with Crippen LogP contribution in [-0.2, 0) is 0 Å². The van der Waals surface area contributed by atoms with E-state index in [1.807, 2.05) is 0 Å². The van der Waals surface area contributed by atoms with Crippen LogP contribution in [0.4, 0.5) is 0 Å². The fourth-order valence-electron chi connectivity index (χ4n) is 0.370.